The van der Waals surface area contributed by atoms with Crippen LogP contribution in [0.2, 0.25) is 0 Å². The molecule has 0 atom stereocenters. The van der Waals surface area contributed by atoms with E-state index in [1.54, 1.807) is 19.2 Å². The fourth-order valence-corrected chi connectivity index (χ4v) is 3.29. The van der Waals surface area contributed by atoms with Crippen molar-refractivity contribution in [3.05, 3.63) is 65.2 Å². The molecule has 0 unspecified atom stereocenters. The Bertz CT molecular complexity index is 719. The standard InChI is InChI=1S/C22H28N2O2/c1-17-10-12-24(13-11-17)16-19-8-6-18(7-9-19)15-23-22(25)20-4-3-5-21(14-20)26-2/h3-9,14,17H,10-13,15-16H2,1-2H3,(H,23,25). The number of piperidine rings is 1. The maximum Gasteiger partial charge on any atom is 0.251 e. The van der Waals surface area contributed by atoms with Crippen LogP contribution in [0, 0.1) is 5.92 Å². The van der Waals surface area contributed by atoms with Crippen LogP contribution in [-0.4, -0.2) is 31.0 Å². The van der Waals surface area contributed by atoms with Gasteiger partial charge >= 0.3 is 0 Å². The first-order chi connectivity index (χ1) is 12.6. The smallest absolute Gasteiger partial charge is 0.251 e. The molecule has 0 aromatic heterocycles. The number of carbonyl (C=O) groups excluding carboxylic acids is 1. The third kappa shape index (κ3) is 5.09. The van der Waals surface area contributed by atoms with Crippen LogP contribution in [0.4, 0.5) is 0 Å². The highest BCUT2D eigenvalue weighted by Crippen LogP contribution is 2.18. The van der Waals surface area contributed by atoms with Crippen molar-refractivity contribution in [2.45, 2.75) is 32.9 Å². The summed E-state index contributed by atoms with van der Waals surface area (Å²) in [4.78, 5) is 14.8. The van der Waals surface area contributed by atoms with E-state index in [0.717, 1.165) is 18.0 Å². The summed E-state index contributed by atoms with van der Waals surface area (Å²) in [5, 5.41) is 2.97. The summed E-state index contributed by atoms with van der Waals surface area (Å²) < 4.78 is 5.17. The van der Waals surface area contributed by atoms with Crippen molar-refractivity contribution in [3.8, 4) is 5.75 Å². The molecule has 138 valence electrons. The zero-order valence-electron chi connectivity index (χ0n) is 15.7. The van der Waals surface area contributed by atoms with Crippen LogP contribution in [0.5, 0.6) is 5.75 Å². The number of rotatable bonds is 6. The highest BCUT2D eigenvalue weighted by molar-refractivity contribution is 5.94. The minimum Gasteiger partial charge on any atom is -0.497 e. The summed E-state index contributed by atoms with van der Waals surface area (Å²) in [6, 6.07) is 15.7. The molecule has 1 fully saturated rings. The van der Waals surface area contributed by atoms with Crippen LogP contribution >= 0.6 is 0 Å². The van der Waals surface area contributed by atoms with Gasteiger partial charge in [-0.25, -0.2) is 0 Å². The van der Waals surface area contributed by atoms with E-state index in [1.807, 2.05) is 12.1 Å². The first kappa shape index (κ1) is 18.5. The number of likely N-dealkylation sites (tertiary alicyclic amines) is 1. The zero-order chi connectivity index (χ0) is 18.4. The molecule has 0 bridgehead atoms. The van der Waals surface area contributed by atoms with Crippen molar-refractivity contribution in [2.24, 2.45) is 5.92 Å². The van der Waals surface area contributed by atoms with Crippen LogP contribution in [0.1, 0.15) is 41.3 Å². The van der Waals surface area contributed by atoms with Gasteiger partial charge in [-0.05, 0) is 61.2 Å². The van der Waals surface area contributed by atoms with Gasteiger partial charge in [-0.2, -0.15) is 0 Å². The fourth-order valence-electron chi connectivity index (χ4n) is 3.29. The lowest BCUT2D eigenvalue weighted by Gasteiger charge is -2.30. The van der Waals surface area contributed by atoms with Crippen LogP contribution in [0.3, 0.4) is 0 Å². The van der Waals surface area contributed by atoms with E-state index in [9.17, 15) is 4.79 Å². The number of nitrogens with one attached hydrogen (secondary N) is 1. The van der Waals surface area contributed by atoms with Crippen molar-refractivity contribution in [3.63, 3.8) is 0 Å². The first-order valence-electron chi connectivity index (χ1n) is 9.36. The Kier molecular flexibility index (Phi) is 6.29. The molecule has 2 aromatic rings. The SMILES string of the molecule is COc1cccc(C(=O)NCc2ccc(CN3CCC(C)CC3)cc2)c1. The summed E-state index contributed by atoms with van der Waals surface area (Å²) in [5.41, 5.74) is 3.06. The molecule has 26 heavy (non-hydrogen) atoms. The van der Waals surface area contributed by atoms with E-state index in [0.29, 0.717) is 17.9 Å². The topological polar surface area (TPSA) is 41.6 Å². The highest BCUT2D eigenvalue weighted by atomic mass is 16.5. The van der Waals surface area contributed by atoms with E-state index < -0.39 is 0 Å². The van der Waals surface area contributed by atoms with E-state index in [2.05, 4.69) is 41.4 Å². The second-order valence-electron chi connectivity index (χ2n) is 7.19. The van der Waals surface area contributed by atoms with Gasteiger partial charge < -0.3 is 10.1 Å². The average molecular weight is 352 g/mol. The van der Waals surface area contributed by atoms with Crippen molar-refractivity contribution < 1.29 is 9.53 Å². The zero-order valence-corrected chi connectivity index (χ0v) is 15.7. The van der Waals surface area contributed by atoms with Gasteiger partial charge in [0.2, 0.25) is 0 Å². The second kappa shape index (κ2) is 8.86. The molecule has 1 aliphatic rings. The Hall–Kier alpha value is -2.33. The van der Waals surface area contributed by atoms with Gasteiger partial charge in [0, 0.05) is 18.7 Å². The molecule has 3 rings (SSSR count). The van der Waals surface area contributed by atoms with E-state index in [1.165, 1.54) is 31.5 Å². The lowest BCUT2D eigenvalue weighted by Crippen LogP contribution is -2.32. The molecule has 0 spiro atoms. The van der Waals surface area contributed by atoms with Gasteiger partial charge in [0.05, 0.1) is 7.11 Å². The normalized spacial score (nSPS) is 15.6. The Balaban J connectivity index is 1.50. The Labute approximate surface area is 156 Å². The summed E-state index contributed by atoms with van der Waals surface area (Å²) >= 11 is 0. The number of methoxy groups -OCH3 is 1. The number of hydrogen-bond donors (Lipinski definition) is 1. The maximum atomic E-state index is 12.3. The summed E-state index contributed by atoms with van der Waals surface area (Å²) in [5.74, 6) is 1.46. The molecule has 1 aliphatic heterocycles. The van der Waals surface area contributed by atoms with Crippen LogP contribution in [0.15, 0.2) is 48.5 Å². The molecule has 1 saturated heterocycles. The Morgan fingerprint density at radius 2 is 1.81 bits per heavy atom. The first-order valence-corrected chi connectivity index (χ1v) is 9.36. The minimum atomic E-state index is -0.0876. The van der Waals surface area contributed by atoms with Gasteiger partial charge in [0.25, 0.3) is 5.91 Å². The summed E-state index contributed by atoms with van der Waals surface area (Å²) in [7, 11) is 1.60. The molecular formula is C22H28N2O2. The quantitative estimate of drug-likeness (QED) is 0.858. The second-order valence-corrected chi connectivity index (χ2v) is 7.19. The van der Waals surface area contributed by atoms with Crippen molar-refractivity contribution in [2.75, 3.05) is 20.2 Å². The number of benzene rings is 2. The van der Waals surface area contributed by atoms with Gasteiger partial charge in [-0.3, -0.25) is 9.69 Å². The Morgan fingerprint density at radius 3 is 2.50 bits per heavy atom. The summed E-state index contributed by atoms with van der Waals surface area (Å²) in [6.07, 6.45) is 2.60. The predicted octanol–water partition coefficient (Wildman–Crippen LogP) is 3.86. The molecule has 1 heterocycles. The molecule has 1 N–H and O–H groups in total. The van der Waals surface area contributed by atoms with Crippen LogP contribution in [-0.2, 0) is 13.1 Å². The lowest BCUT2D eigenvalue weighted by atomic mass is 9.99. The Morgan fingerprint density at radius 1 is 1.12 bits per heavy atom. The highest BCUT2D eigenvalue weighted by Gasteiger charge is 2.15. The number of ether oxygens (including phenoxy) is 1. The lowest BCUT2D eigenvalue weighted by molar-refractivity contribution is 0.0950. The monoisotopic (exact) mass is 352 g/mol. The number of carbonyl (C=O) groups is 1. The molecule has 0 saturated carbocycles. The summed E-state index contributed by atoms with van der Waals surface area (Å²) in [6.45, 7) is 6.27. The molecule has 4 heteroatoms. The molecule has 1 amide bonds. The van der Waals surface area contributed by atoms with Crippen molar-refractivity contribution in [1.29, 1.82) is 0 Å². The predicted molar refractivity (Wildman–Crippen MR) is 104 cm³/mol. The molecule has 4 nitrogen and oxygen atoms in total. The van der Waals surface area contributed by atoms with Gasteiger partial charge in [-0.1, -0.05) is 37.3 Å². The number of amides is 1. The third-order valence-electron chi connectivity index (χ3n) is 5.09. The van der Waals surface area contributed by atoms with Gasteiger partial charge in [0.1, 0.15) is 5.75 Å². The van der Waals surface area contributed by atoms with Crippen molar-refractivity contribution in [1.82, 2.24) is 10.2 Å². The average Bonchev–Trinajstić information content (AvgIpc) is 2.69. The molecule has 2 aromatic carbocycles. The number of hydrogen-bond acceptors (Lipinski definition) is 3. The van der Waals surface area contributed by atoms with Crippen molar-refractivity contribution >= 4 is 5.91 Å². The van der Waals surface area contributed by atoms with Gasteiger partial charge in [-0.15, -0.1) is 0 Å². The van der Waals surface area contributed by atoms with E-state index in [4.69, 9.17) is 4.74 Å². The van der Waals surface area contributed by atoms with Crippen LogP contribution in [0.25, 0.3) is 0 Å². The van der Waals surface area contributed by atoms with E-state index >= 15 is 0 Å². The number of nitrogens with zero attached hydrogens (tertiary/aromatic N) is 1. The molecular weight excluding hydrogens is 324 g/mol. The largest absolute Gasteiger partial charge is 0.497 e. The fraction of sp³-hybridized carbons (Fsp3) is 0.409. The van der Waals surface area contributed by atoms with Crippen LogP contribution < -0.4 is 10.1 Å². The molecule has 0 radical (unpaired) electrons. The maximum absolute atomic E-state index is 12.3. The van der Waals surface area contributed by atoms with Gasteiger partial charge in [0.15, 0.2) is 0 Å². The minimum absolute atomic E-state index is 0.0876. The molecule has 0 aliphatic carbocycles. The van der Waals surface area contributed by atoms with E-state index in [-0.39, 0.29) is 5.91 Å². The third-order valence-corrected chi connectivity index (χ3v) is 5.09.